The first-order chi connectivity index (χ1) is 9.54. The van der Waals surface area contributed by atoms with Crippen LogP contribution in [0.25, 0.3) is 5.69 Å². The van der Waals surface area contributed by atoms with Crippen LogP contribution in [0.1, 0.15) is 35.0 Å². The van der Waals surface area contributed by atoms with Gasteiger partial charge in [-0.2, -0.15) is 5.10 Å². The molecule has 0 aliphatic heterocycles. The highest BCUT2D eigenvalue weighted by Gasteiger charge is 2.26. The first kappa shape index (κ1) is 14.2. The number of hydrogen-bond acceptors (Lipinski definition) is 3. The van der Waals surface area contributed by atoms with Gasteiger partial charge in [-0.05, 0) is 31.5 Å². The second-order valence-corrected chi connectivity index (χ2v) is 4.22. The van der Waals surface area contributed by atoms with Crippen LogP contribution in [-0.4, -0.2) is 22.4 Å². The molecule has 0 fully saturated rings. The average Bonchev–Trinajstić information content (AvgIpc) is 2.83. The van der Waals surface area contributed by atoms with Crippen LogP contribution in [-0.2, 0) is 4.74 Å². The number of aryl methyl sites for hydroxylation is 1. The van der Waals surface area contributed by atoms with Crippen molar-refractivity contribution in [3.05, 3.63) is 47.3 Å². The molecule has 2 aromatic rings. The fourth-order valence-corrected chi connectivity index (χ4v) is 1.90. The van der Waals surface area contributed by atoms with Gasteiger partial charge in [-0.15, -0.1) is 0 Å². The van der Waals surface area contributed by atoms with E-state index in [1.807, 2.05) is 13.0 Å². The average molecular weight is 280 g/mol. The Labute approximate surface area is 115 Å². The Kier molecular flexibility index (Phi) is 4.12. The second-order valence-electron chi connectivity index (χ2n) is 4.22. The lowest BCUT2D eigenvalue weighted by atomic mass is 10.2. The molecule has 0 saturated heterocycles. The smallest absolute Gasteiger partial charge is 0.341 e. The molecule has 0 spiro atoms. The summed E-state index contributed by atoms with van der Waals surface area (Å²) in [5.74, 6) is -0.790. The second kappa shape index (κ2) is 5.81. The van der Waals surface area contributed by atoms with Crippen LogP contribution in [0.5, 0.6) is 0 Å². The van der Waals surface area contributed by atoms with E-state index < -0.39 is 18.1 Å². The van der Waals surface area contributed by atoms with Crippen molar-refractivity contribution in [3.63, 3.8) is 0 Å². The quantitative estimate of drug-likeness (QED) is 0.807. The lowest BCUT2D eigenvalue weighted by Crippen LogP contribution is -2.10. The Bertz CT molecular complexity index is 623. The zero-order valence-corrected chi connectivity index (χ0v) is 11.1. The Morgan fingerprint density at radius 2 is 2.20 bits per heavy atom. The van der Waals surface area contributed by atoms with Crippen molar-refractivity contribution in [1.29, 1.82) is 0 Å². The number of aromatic nitrogens is 2. The number of carbonyl (C=O) groups excluding carboxylic acids is 1. The molecule has 6 heteroatoms. The Morgan fingerprint density at radius 3 is 2.80 bits per heavy atom. The van der Waals surface area contributed by atoms with E-state index in [0.717, 1.165) is 16.4 Å². The molecule has 0 unspecified atom stereocenters. The highest BCUT2D eigenvalue weighted by molar-refractivity contribution is 5.90. The van der Waals surface area contributed by atoms with E-state index in [4.69, 9.17) is 4.74 Å². The van der Waals surface area contributed by atoms with Gasteiger partial charge in [0.2, 0.25) is 0 Å². The van der Waals surface area contributed by atoms with E-state index in [-0.39, 0.29) is 12.2 Å². The summed E-state index contributed by atoms with van der Waals surface area (Å²) in [6.45, 7) is 3.59. The molecular formula is C14H14F2N2O2. The fourth-order valence-electron chi connectivity index (χ4n) is 1.90. The minimum atomic E-state index is -2.82. The summed E-state index contributed by atoms with van der Waals surface area (Å²) >= 11 is 0. The van der Waals surface area contributed by atoms with Crippen molar-refractivity contribution in [2.75, 3.05) is 6.61 Å². The summed E-state index contributed by atoms with van der Waals surface area (Å²) in [5.41, 5.74) is 0.740. The van der Waals surface area contributed by atoms with Crippen molar-refractivity contribution in [2.45, 2.75) is 20.3 Å². The monoisotopic (exact) mass is 280 g/mol. The molecular weight excluding hydrogens is 266 g/mol. The van der Waals surface area contributed by atoms with Gasteiger partial charge in [-0.1, -0.05) is 12.1 Å². The molecule has 1 aromatic heterocycles. The molecule has 4 nitrogen and oxygen atoms in total. The van der Waals surface area contributed by atoms with Gasteiger partial charge in [0.05, 0.1) is 18.5 Å². The van der Waals surface area contributed by atoms with Gasteiger partial charge < -0.3 is 4.74 Å². The van der Waals surface area contributed by atoms with E-state index >= 15 is 0 Å². The van der Waals surface area contributed by atoms with Crippen LogP contribution in [0.15, 0.2) is 30.5 Å². The van der Waals surface area contributed by atoms with Crippen LogP contribution in [0.4, 0.5) is 8.78 Å². The summed E-state index contributed by atoms with van der Waals surface area (Å²) in [6, 6.07) is 6.96. The largest absolute Gasteiger partial charge is 0.462 e. The van der Waals surface area contributed by atoms with Crippen molar-refractivity contribution in [1.82, 2.24) is 9.78 Å². The van der Waals surface area contributed by atoms with Crippen LogP contribution in [0.2, 0.25) is 0 Å². The van der Waals surface area contributed by atoms with Crippen LogP contribution in [0.3, 0.4) is 0 Å². The van der Waals surface area contributed by atoms with Gasteiger partial charge in [-0.3, -0.25) is 0 Å². The highest BCUT2D eigenvalue weighted by Crippen LogP contribution is 2.26. The maximum Gasteiger partial charge on any atom is 0.341 e. The van der Waals surface area contributed by atoms with Gasteiger partial charge >= 0.3 is 5.97 Å². The Morgan fingerprint density at radius 1 is 1.45 bits per heavy atom. The van der Waals surface area contributed by atoms with Crippen molar-refractivity contribution in [2.24, 2.45) is 0 Å². The lowest BCUT2D eigenvalue weighted by molar-refractivity contribution is 0.0514. The van der Waals surface area contributed by atoms with Gasteiger partial charge in [0.15, 0.2) is 0 Å². The van der Waals surface area contributed by atoms with Crippen molar-refractivity contribution in [3.8, 4) is 5.69 Å². The number of carbonyl (C=O) groups is 1. The summed E-state index contributed by atoms with van der Waals surface area (Å²) in [7, 11) is 0. The number of esters is 1. The Balaban J connectivity index is 2.52. The third-order valence-corrected chi connectivity index (χ3v) is 2.75. The molecule has 0 atom stereocenters. The zero-order valence-electron chi connectivity index (χ0n) is 11.1. The molecule has 0 bridgehead atoms. The van der Waals surface area contributed by atoms with Crippen LogP contribution < -0.4 is 0 Å². The number of halogens is 2. The van der Waals surface area contributed by atoms with Crippen LogP contribution in [0, 0.1) is 6.92 Å². The van der Waals surface area contributed by atoms with Gasteiger partial charge in [0.25, 0.3) is 6.43 Å². The normalized spacial score (nSPS) is 10.8. The molecule has 0 radical (unpaired) electrons. The molecule has 0 saturated carbocycles. The summed E-state index contributed by atoms with van der Waals surface area (Å²) < 4.78 is 32.3. The number of nitrogens with zero attached hydrogens (tertiary/aromatic N) is 2. The van der Waals surface area contributed by atoms with Crippen molar-refractivity contribution >= 4 is 5.97 Å². The Hall–Kier alpha value is -2.24. The first-order valence-electron chi connectivity index (χ1n) is 6.14. The predicted molar refractivity (Wildman–Crippen MR) is 69.2 cm³/mol. The minimum Gasteiger partial charge on any atom is -0.462 e. The molecule has 2 rings (SSSR count). The standard InChI is InChI=1S/C14H14F2N2O2/c1-3-20-14(19)11-8-17-18(12(11)13(15)16)10-6-4-5-9(2)7-10/h4-8,13H,3H2,1-2H3. The third kappa shape index (κ3) is 2.68. The highest BCUT2D eigenvalue weighted by atomic mass is 19.3. The SMILES string of the molecule is CCOC(=O)c1cnn(-c2cccc(C)c2)c1C(F)F. The molecule has 0 amide bonds. The van der Waals surface area contributed by atoms with Gasteiger partial charge in [-0.25, -0.2) is 18.3 Å². The van der Waals surface area contributed by atoms with Crippen LogP contribution >= 0.6 is 0 Å². The van der Waals surface area contributed by atoms with E-state index in [1.54, 1.807) is 25.1 Å². The summed E-state index contributed by atoms with van der Waals surface area (Å²) in [5, 5.41) is 3.89. The molecule has 1 heterocycles. The van der Waals surface area contributed by atoms with E-state index in [2.05, 4.69) is 5.10 Å². The number of hydrogen-bond donors (Lipinski definition) is 0. The number of benzene rings is 1. The predicted octanol–water partition coefficient (Wildman–Crippen LogP) is 3.30. The lowest BCUT2D eigenvalue weighted by Gasteiger charge is -2.09. The molecule has 0 aliphatic rings. The van der Waals surface area contributed by atoms with E-state index in [0.29, 0.717) is 5.69 Å². The van der Waals surface area contributed by atoms with E-state index in [1.165, 1.54) is 0 Å². The number of ether oxygens (including phenoxy) is 1. The topological polar surface area (TPSA) is 44.1 Å². The summed E-state index contributed by atoms with van der Waals surface area (Å²) in [4.78, 5) is 11.7. The molecule has 1 aromatic carbocycles. The minimum absolute atomic E-state index is 0.122. The third-order valence-electron chi connectivity index (χ3n) is 2.75. The molecule has 106 valence electrons. The fraction of sp³-hybridized carbons (Fsp3) is 0.286. The number of alkyl halides is 2. The van der Waals surface area contributed by atoms with E-state index in [9.17, 15) is 13.6 Å². The van der Waals surface area contributed by atoms with Gasteiger partial charge in [0.1, 0.15) is 11.3 Å². The maximum absolute atomic E-state index is 13.2. The number of rotatable bonds is 4. The van der Waals surface area contributed by atoms with Crippen molar-refractivity contribution < 1.29 is 18.3 Å². The van der Waals surface area contributed by atoms with Gasteiger partial charge in [0, 0.05) is 0 Å². The molecule has 20 heavy (non-hydrogen) atoms. The molecule has 0 N–H and O–H groups in total. The zero-order chi connectivity index (χ0) is 14.7. The molecule has 0 aliphatic carbocycles. The maximum atomic E-state index is 13.2. The first-order valence-corrected chi connectivity index (χ1v) is 6.14. The summed E-state index contributed by atoms with van der Waals surface area (Å²) in [6.07, 6.45) is -1.71.